The minimum Gasteiger partial charge on any atom is -0.355 e. The average molecular weight is 462 g/mol. The topological polar surface area (TPSA) is 12.0 Å². The van der Waals surface area contributed by atoms with Crippen molar-refractivity contribution in [1.82, 2.24) is 0 Å². The summed E-state index contributed by atoms with van der Waals surface area (Å²) >= 11 is 0. The molecule has 0 saturated carbocycles. The van der Waals surface area contributed by atoms with Gasteiger partial charge in [-0.3, -0.25) is 0 Å². The monoisotopic (exact) mass is 461 g/mol. The second kappa shape index (κ2) is 7.83. The van der Waals surface area contributed by atoms with Gasteiger partial charge in [-0.25, -0.2) is 0 Å². The average Bonchev–Trinajstić information content (AvgIpc) is 3.16. The van der Waals surface area contributed by atoms with Crippen LogP contribution >= 0.6 is 0 Å². The fraction of sp³-hybridized carbons (Fsp3) is 0.0857. The van der Waals surface area contributed by atoms with Crippen molar-refractivity contribution in [3.8, 4) is 22.3 Å². The smallest absolute Gasteiger partial charge is 0.0431 e. The highest BCUT2D eigenvalue weighted by Gasteiger charge is 2.37. The molecule has 0 heterocycles. The second-order valence-corrected chi connectivity index (χ2v) is 10.3. The minimum atomic E-state index is -0.0405. The number of anilines is 2. The lowest BCUT2D eigenvalue weighted by Crippen LogP contribution is -2.16. The molecule has 0 atom stereocenters. The first-order valence-corrected chi connectivity index (χ1v) is 12.6. The van der Waals surface area contributed by atoms with Gasteiger partial charge in [0.25, 0.3) is 0 Å². The fourth-order valence-corrected chi connectivity index (χ4v) is 6.13. The molecule has 0 fully saturated rings. The van der Waals surface area contributed by atoms with Crippen molar-refractivity contribution >= 4 is 32.9 Å². The van der Waals surface area contributed by atoms with Crippen LogP contribution in [0.2, 0.25) is 0 Å². The van der Waals surface area contributed by atoms with Crippen molar-refractivity contribution in [2.24, 2.45) is 0 Å². The molecule has 6 aromatic rings. The maximum atomic E-state index is 3.73. The highest BCUT2D eigenvalue weighted by molar-refractivity contribution is 6.12. The zero-order valence-electron chi connectivity index (χ0n) is 20.5. The van der Waals surface area contributed by atoms with Gasteiger partial charge in [-0.1, -0.05) is 117 Å². The maximum Gasteiger partial charge on any atom is 0.0431 e. The van der Waals surface area contributed by atoms with Crippen LogP contribution < -0.4 is 5.32 Å². The molecule has 0 saturated heterocycles. The molecule has 0 unspecified atom stereocenters. The molecular formula is C35H27N. The van der Waals surface area contributed by atoms with Crippen molar-refractivity contribution < 1.29 is 0 Å². The summed E-state index contributed by atoms with van der Waals surface area (Å²) in [5.74, 6) is 0. The van der Waals surface area contributed by atoms with Gasteiger partial charge in [0.2, 0.25) is 0 Å². The first-order chi connectivity index (χ1) is 17.6. The zero-order chi connectivity index (χ0) is 24.3. The van der Waals surface area contributed by atoms with Crippen LogP contribution in [-0.2, 0) is 5.41 Å². The van der Waals surface area contributed by atoms with Gasteiger partial charge in [0, 0.05) is 16.8 Å². The molecule has 0 aromatic heterocycles. The molecule has 0 spiro atoms. The van der Waals surface area contributed by atoms with Crippen molar-refractivity contribution in [3.05, 3.63) is 132 Å². The zero-order valence-corrected chi connectivity index (χ0v) is 20.5. The lowest BCUT2D eigenvalue weighted by molar-refractivity contribution is 0.662. The number of hydrogen-bond acceptors (Lipinski definition) is 1. The molecule has 172 valence electrons. The van der Waals surface area contributed by atoms with Crippen LogP contribution in [0.15, 0.2) is 121 Å². The van der Waals surface area contributed by atoms with E-state index in [0.717, 1.165) is 5.69 Å². The predicted octanol–water partition coefficient (Wildman–Crippen LogP) is 9.71. The molecule has 1 N–H and O–H groups in total. The number of fused-ring (bicyclic) bond motifs is 6. The lowest BCUT2D eigenvalue weighted by atomic mass is 9.81. The predicted molar refractivity (Wildman–Crippen MR) is 154 cm³/mol. The van der Waals surface area contributed by atoms with Gasteiger partial charge in [0.1, 0.15) is 0 Å². The number of hydrogen-bond donors (Lipinski definition) is 1. The Morgan fingerprint density at radius 3 is 2.08 bits per heavy atom. The van der Waals surface area contributed by atoms with Crippen molar-refractivity contribution in [3.63, 3.8) is 0 Å². The van der Waals surface area contributed by atoms with Gasteiger partial charge < -0.3 is 5.32 Å². The summed E-state index contributed by atoms with van der Waals surface area (Å²) in [7, 11) is 0. The van der Waals surface area contributed by atoms with E-state index in [2.05, 4.69) is 140 Å². The number of nitrogens with one attached hydrogen (secondary N) is 1. The quantitative estimate of drug-likeness (QED) is 0.259. The van der Waals surface area contributed by atoms with Gasteiger partial charge in [0.05, 0.1) is 0 Å². The third kappa shape index (κ3) is 3.09. The molecule has 0 bridgehead atoms. The fourth-order valence-electron chi connectivity index (χ4n) is 6.13. The van der Waals surface area contributed by atoms with Gasteiger partial charge in [-0.2, -0.15) is 0 Å². The van der Waals surface area contributed by atoms with Crippen molar-refractivity contribution in [2.45, 2.75) is 19.3 Å². The Kier molecular flexibility index (Phi) is 4.56. The molecule has 0 aliphatic heterocycles. The molecule has 1 aliphatic rings. The Hall–Kier alpha value is -4.36. The number of benzene rings is 6. The van der Waals surface area contributed by atoms with E-state index in [-0.39, 0.29) is 5.41 Å². The van der Waals surface area contributed by atoms with Crippen molar-refractivity contribution in [2.75, 3.05) is 5.32 Å². The molecule has 1 aliphatic carbocycles. The van der Waals surface area contributed by atoms with E-state index < -0.39 is 0 Å². The first kappa shape index (κ1) is 21.0. The Morgan fingerprint density at radius 1 is 0.500 bits per heavy atom. The highest BCUT2D eigenvalue weighted by atomic mass is 14.9. The van der Waals surface area contributed by atoms with Gasteiger partial charge in [-0.15, -0.1) is 0 Å². The molecule has 0 radical (unpaired) electrons. The van der Waals surface area contributed by atoms with Crippen LogP contribution in [0.4, 0.5) is 11.4 Å². The third-order valence-electron chi connectivity index (χ3n) is 7.84. The van der Waals surface area contributed by atoms with Crippen molar-refractivity contribution in [1.29, 1.82) is 0 Å². The second-order valence-electron chi connectivity index (χ2n) is 10.3. The molecule has 1 nitrogen and oxygen atoms in total. The normalized spacial score (nSPS) is 13.5. The molecule has 7 rings (SSSR count). The molecule has 1 heteroatoms. The van der Waals surface area contributed by atoms with Crippen LogP contribution in [0, 0.1) is 0 Å². The van der Waals surface area contributed by atoms with Crippen LogP contribution in [-0.4, -0.2) is 0 Å². The highest BCUT2D eigenvalue weighted by Crippen LogP contribution is 2.51. The summed E-state index contributed by atoms with van der Waals surface area (Å²) in [6.45, 7) is 4.66. The molecule has 0 amide bonds. The largest absolute Gasteiger partial charge is 0.355 e. The summed E-state index contributed by atoms with van der Waals surface area (Å²) < 4.78 is 0. The Morgan fingerprint density at radius 2 is 1.19 bits per heavy atom. The summed E-state index contributed by atoms with van der Waals surface area (Å²) in [6.07, 6.45) is 0. The number of rotatable bonds is 3. The van der Waals surface area contributed by atoms with Crippen LogP contribution in [0.5, 0.6) is 0 Å². The van der Waals surface area contributed by atoms with E-state index in [1.807, 2.05) is 0 Å². The maximum absolute atomic E-state index is 3.73. The summed E-state index contributed by atoms with van der Waals surface area (Å²) in [5, 5.41) is 8.91. The van der Waals surface area contributed by atoms with E-state index in [4.69, 9.17) is 0 Å². The van der Waals surface area contributed by atoms with Gasteiger partial charge >= 0.3 is 0 Å². The van der Waals surface area contributed by atoms with E-state index in [9.17, 15) is 0 Å². The van der Waals surface area contributed by atoms with Crippen LogP contribution in [0.25, 0.3) is 43.8 Å². The SMILES string of the molecule is CC1(C)c2ccccc2-c2cccc(Nc3ccc(-c4cccc5c4ccc4ccccc45)cc3)c21. The molecule has 36 heavy (non-hydrogen) atoms. The standard InChI is InChI=1S/C35H27N/c1-35(2)32-15-6-5-11-30(32)31-14-8-16-33(34(31)35)36-25-20-17-24(18-21-25)27-12-7-13-28-26-10-4-3-9-23(26)19-22-29(27)28/h3-22,36H,1-2H3. The molecular weight excluding hydrogens is 434 g/mol. The van der Waals surface area contributed by atoms with E-state index in [0.29, 0.717) is 0 Å². The van der Waals surface area contributed by atoms with Gasteiger partial charge in [-0.05, 0) is 73.1 Å². The Balaban J connectivity index is 1.26. The summed E-state index contributed by atoms with van der Waals surface area (Å²) in [5.41, 5.74) is 10.2. The van der Waals surface area contributed by atoms with Crippen LogP contribution in [0.1, 0.15) is 25.0 Å². The summed E-state index contributed by atoms with van der Waals surface area (Å²) in [6, 6.07) is 44.0. The van der Waals surface area contributed by atoms with Crippen LogP contribution in [0.3, 0.4) is 0 Å². The first-order valence-electron chi connectivity index (χ1n) is 12.6. The van der Waals surface area contributed by atoms with E-state index >= 15 is 0 Å². The molecule has 6 aromatic carbocycles. The summed E-state index contributed by atoms with van der Waals surface area (Å²) in [4.78, 5) is 0. The van der Waals surface area contributed by atoms with Gasteiger partial charge in [0.15, 0.2) is 0 Å². The van der Waals surface area contributed by atoms with E-state index in [1.54, 1.807) is 0 Å². The Bertz CT molecular complexity index is 1770. The Labute approximate surface area is 212 Å². The third-order valence-corrected chi connectivity index (χ3v) is 7.84. The minimum absolute atomic E-state index is 0.0405. The lowest BCUT2D eigenvalue weighted by Gasteiger charge is -2.24. The van der Waals surface area contributed by atoms with E-state index in [1.165, 1.54) is 60.6 Å².